The smallest absolute Gasteiger partial charge is 0.0555 e. The Balaban J connectivity index is 2.99. The lowest BCUT2D eigenvalue weighted by Gasteiger charge is -2.28. The Hall–Kier alpha value is -0.120. The summed E-state index contributed by atoms with van der Waals surface area (Å²) in [5, 5.41) is 1.50. The van der Waals surface area contributed by atoms with Crippen molar-refractivity contribution >= 4 is 0 Å². The normalized spacial score (nSPS) is 10.3. The predicted octanol–water partition coefficient (Wildman–Crippen LogP) is 0.788. The maximum Gasteiger partial charge on any atom is 0.0555 e. The molecule has 3 heteroatoms. The monoisotopic (exact) mass is 103 g/mol. The van der Waals surface area contributed by atoms with Crippen LogP contribution in [-0.2, 0) is 4.84 Å². The summed E-state index contributed by atoms with van der Waals surface area (Å²) < 4.78 is 0. The maximum atomic E-state index is 4.72. The molecular weight excluding hydrogens is 92.1 g/mol. The van der Waals surface area contributed by atoms with E-state index in [1.54, 1.807) is 14.2 Å². The molecule has 0 radical (unpaired) electrons. The summed E-state index contributed by atoms with van der Waals surface area (Å²) in [6, 6.07) is 0. The number of hydrogen-bond acceptors (Lipinski definition) is 2. The number of rotatable bonds is 3. The molecule has 0 aromatic heterocycles. The van der Waals surface area contributed by atoms with Gasteiger partial charge < -0.3 is 10.3 Å². The van der Waals surface area contributed by atoms with E-state index in [0.717, 1.165) is 6.54 Å². The molecule has 0 aliphatic rings. The minimum absolute atomic E-state index is 0.799. The lowest BCUT2D eigenvalue weighted by molar-refractivity contribution is -0.0945. The Morgan fingerprint density at radius 3 is 2.29 bits per heavy atom. The standard InChI is InChI=1S/C4H11N2O/c1-4-6(5-2)7-3/h4H2,1-3H3/q-1. The third-order valence-corrected chi connectivity index (χ3v) is 0.704. The van der Waals surface area contributed by atoms with Gasteiger partial charge in [0.15, 0.2) is 0 Å². The minimum Gasteiger partial charge on any atom is -0.572 e. The molecule has 3 nitrogen and oxygen atoms in total. The Kier molecular flexibility index (Phi) is 3.98. The van der Waals surface area contributed by atoms with Crippen molar-refractivity contribution in [2.24, 2.45) is 0 Å². The molecule has 0 fully saturated rings. The van der Waals surface area contributed by atoms with Crippen molar-refractivity contribution in [2.45, 2.75) is 6.92 Å². The first kappa shape index (κ1) is 6.88. The topological polar surface area (TPSA) is 26.6 Å². The molecule has 44 valence electrons. The van der Waals surface area contributed by atoms with Gasteiger partial charge in [-0.25, -0.2) is 0 Å². The van der Waals surface area contributed by atoms with Gasteiger partial charge in [-0.2, -0.15) is 0 Å². The second-order valence-electron chi connectivity index (χ2n) is 1.05. The first-order valence-corrected chi connectivity index (χ1v) is 2.26. The number of hydrogen-bond donors (Lipinski definition) is 0. The molecule has 0 N–H and O–H groups in total. The summed E-state index contributed by atoms with van der Waals surface area (Å²) in [4.78, 5) is 4.72. The SMILES string of the molecule is CCN([N-]C)OC. The molecule has 0 saturated heterocycles. The summed E-state index contributed by atoms with van der Waals surface area (Å²) in [5.74, 6) is 0. The molecule has 0 atom stereocenters. The van der Waals surface area contributed by atoms with Crippen LogP contribution in [0.3, 0.4) is 0 Å². The van der Waals surface area contributed by atoms with Crippen LogP contribution in [0.15, 0.2) is 0 Å². The summed E-state index contributed by atoms with van der Waals surface area (Å²) in [6.07, 6.45) is 0. The van der Waals surface area contributed by atoms with Crippen LogP contribution in [0, 0.1) is 0 Å². The van der Waals surface area contributed by atoms with Gasteiger partial charge in [0, 0.05) is 6.54 Å². The Morgan fingerprint density at radius 2 is 2.29 bits per heavy atom. The van der Waals surface area contributed by atoms with Gasteiger partial charge in [0.25, 0.3) is 0 Å². The summed E-state index contributed by atoms with van der Waals surface area (Å²) in [6.45, 7) is 2.77. The van der Waals surface area contributed by atoms with E-state index in [1.807, 2.05) is 6.92 Å². The van der Waals surface area contributed by atoms with Gasteiger partial charge in [0.2, 0.25) is 0 Å². The average molecular weight is 103 g/mol. The summed E-state index contributed by atoms with van der Waals surface area (Å²) in [5.41, 5.74) is 3.74. The van der Waals surface area contributed by atoms with Crippen molar-refractivity contribution in [3.8, 4) is 0 Å². The molecule has 0 rings (SSSR count). The molecule has 0 amide bonds. The fraction of sp³-hybridized carbons (Fsp3) is 1.00. The molecule has 0 unspecified atom stereocenters. The fourth-order valence-corrected chi connectivity index (χ4v) is 0.352. The zero-order chi connectivity index (χ0) is 5.70. The van der Waals surface area contributed by atoms with Crippen molar-refractivity contribution in [3.05, 3.63) is 5.43 Å². The molecule has 0 aliphatic heterocycles. The minimum atomic E-state index is 0.799. The van der Waals surface area contributed by atoms with Crippen LogP contribution in [0.2, 0.25) is 0 Å². The van der Waals surface area contributed by atoms with E-state index in [2.05, 4.69) is 5.43 Å². The van der Waals surface area contributed by atoms with Crippen molar-refractivity contribution in [2.75, 3.05) is 20.7 Å². The number of hydroxylamine groups is 1. The largest absolute Gasteiger partial charge is 0.572 e. The molecule has 0 aromatic rings. The van der Waals surface area contributed by atoms with Gasteiger partial charge in [-0.05, 0) is 0 Å². The Labute approximate surface area is 44.2 Å². The van der Waals surface area contributed by atoms with E-state index in [9.17, 15) is 0 Å². The van der Waals surface area contributed by atoms with Crippen LogP contribution in [0.1, 0.15) is 6.92 Å². The van der Waals surface area contributed by atoms with Gasteiger partial charge in [0.05, 0.1) is 7.11 Å². The van der Waals surface area contributed by atoms with Gasteiger partial charge in [-0.1, -0.05) is 6.92 Å². The number of nitrogens with zero attached hydrogens (tertiary/aromatic N) is 2. The second kappa shape index (κ2) is 4.05. The van der Waals surface area contributed by atoms with E-state index in [-0.39, 0.29) is 0 Å². The third-order valence-electron chi connectivity index (χ3n) is 0.704. The quantitative estimate of drug-likeness (QED) is 0.493. The highest BCUT2D eigenvalue weighted by molar-refractivity contribution is 4.55. The van der Waals surface area contributed by atoms with Crippen LogP contribution >= 0.6 is 0 Å². The molecule has 0 aliphatic carbocycles. The van der Waals surface area contributed by atoms with E-state index in [4.69, 9.17) is 4.84 Å². The highest BCUT2D eigenvalue weighted by Gasteiger charge is 1.76. The van der Waals surface area contributed by atoms with E-state index >= 15 is 0 Å². The third kappa shape index (κ3) is 2.56. The molecule has 0 saturated carbocycles. The van der Waals surface area contributed by atoms with Gasteiger partial charge in [0.1, 0.15) is 0 Å². The van der Waals surface area contributed by atoms with E-state index < -0.39 is 0 Å². The highest BCUT2D eigenvalue weighted by Crippen LogP contribution is 1.90. The van der Waals surface area contributed by atoms with Crippen LogP contribution in [0.25, 0.3) is 5.43 Å². The molecule has 0 heterocycles. The Morgan fingerprint density at radius 1 is 1.71 bits per heavy atom. The highest BCUT2D eigenvalue weighted by atomic mass is 16.7. The predicted molar refractivity (Wildman–Crippen MR) is 28.7 cm³/mol. The lowest BCUT2D eigenvalue weighted by atomic mass is 10.8. The maximum absolute atomic E-state index is 4.72. The van der Waals surface area contributed by atoms with Gasteiger partial charge >= 0.3 is 0 Å². The molecule has 7 heavy (non-hydrogen) atoms. The second-order valence-corrected chi connectivity index (χ2v) is 1.05. The van der Waals surface area contributed by atoms with E-state index in [0.29, 0.717) is 0 Å². The first-order chi connectivity index (χ1) is 3.35. The van der Waals surface area contributed by atoms with Crippen LogP contribution in [0.5, 0.6) is 0 Å². The molecule has 0 aromatic carbocycles. The van der Waals surface area contributed by atoms with Crippen LogP contribution in [0.4, 0.5) is 0 Å². The fourth-order valence-electron chi connectivity index (χ4n) is 0.352. The summed E-state index contributed by atoms with van der Waals surface area (Å²) in [7, 11) is 3.28. The van der Waals surface area contributed by atoms with Gasteiger partial charge in [-0.3, -0.25) is 5.17 Å². The average Bonchev–Trinajstić information content (AvgIpc) is 1.72. The zero-order valence-corrected chi connectivity index (χ0v) is 5.01. The van der Waals surface area contributed by atoms with Crippen LogP contribution < -0.4 is 0 Å². The first-order valence-electron chi connectivity index (χ1n) is 2.26. The van der Waals surface area contributed by atoms with Gasteiger partial charge in [-0.15, -0.1) is 7.05 Å². The molecular formula is C4H11N2O-. The van der Waals surface area contributed by atoms with Crippen molar-refractivity contribution in [1.82, 2.24) is 5.17 Å². The van der Waals surface area contributed by atoms with Crippen molar-refractivity contribution < 1.29 is 4.84 Å². The Bertz CT molecular complexity index is 31.2. The van der Waals surface area contributed by atoms with E-state index in [1.165, 1.54) is 5.17 Å². The lowest BCUT2D eigenvalue weighted by Crippen LogP contribution is -2.14. The van der Waals surface area contributed by atoms with Crippen molar-refractivity contribution in [1.29, 1.82) is 0 Å². The van der Waals surface area contributed by atoms with Crippen molar-refractivity contribution in [3.63, 3.8) is 0 Å². The van der Waals surface area contributed by atoms with Crippen LogP contribution in [-0.4, -0.2) is 25.9 Å². The molecule has 0 spiro atoms. The molecule has 0 bridgehead atoms. The summed E-state index contributed by atoms with van der Waals surface area (Å²) >= 11 is 0. The zero-order valence-electron chi connectivity index (χ0n) is 5.01.